The molecule has 0 saturated heterocycles. The number of anilines is 3. The van der Waals surface area contributed by atoms with Crippen LogP contribution in [0, 0.1) is 0 Å². The summed E-state index contributed by atoms with van der Waals surface area (Å²) in [5.74, 6) is 0.631. The van der Waals surface area contributed by atoms with Crippen LogP contribution in [-0.4, -0.2) is 9.97 Å². The number of fused-ring (bicyclic) bond motifs is 5. The first kappa shape index (κ1) is 30.7. The number of aromatic nitrogens is 2. The van der Waals surface area contributed by atoms with Gasteiger partial charge in [-0.2, -0.15) is 0 Å². The molecule has 1 aromatic heterocycles. The Balaban J connectivity index is 1.25. The summed E-state index contributed by atoms with van der Waals surface area (Å²) in [6, 6.07) is 68.3. The molecule has 0 fully saturated rings. The van der Waals surface area contributed by atoms with Crippen molar-refractivity contribution >= 4 is 39.9 Å². The van der Waals surface area contributed by atoms with Crippen LogP contribution in [0.3, 0.4) is 0 Å². The first-order valence-electron chi connectivity index (χ1n) is 18.8. The fourth-order valence-corrected chi connectivity index (χ4v) is 10.9. The lowest BCUT2D eigenvalue weighted by atomic mass is 9.67. The third-order valence-corrected chi connectivity index (χ3v) is 12.9. The van der Waals surface area contributed by atoms with Crippen LogP contribution in [0.4, 0.5) is 17.3 Å². The molecule has 0 saturated carbocycles. The van der Waals surface area contributed by atoms with Gasteiger partial charge in [0, 0.05) is 31.9 Å². The van der Waals surface area contributed by atoms with Gasteiger partial charge in [-0.05, 0) is 62.5 Å². The Hall–Kier alpha value is -6.75. The van der Waals surface area contributed by atoms with E-state index in [4.69, 9.17) is 9.97 Å². The van der Waals surface area contributed by atoms with Gasteiger partial charge in [0.2, 0.25) is 5.95 Å². The fourth-order valence-electron chi connectivity index (χ4n) is 9.43. The van der Waals surface area contributed by atoms with Crippen molar-refractivity contribution in [3.05, 3.63) is 210 Å². The van der Waals surface area contributed by atoms with Crippen molar-refractivity contribution in [3.63, 3.8) is 0 Å². The Morgan fingerprint density at radius 2 is 0.927 bits per heavy atom. The van der Waals surface area contributed by atoms with Gasteiger partial charge in [-0.15, -0.1) is 0 Å². The highest BCUT2D eigenvalue weighted by molar-refractivity contribution is 8.00. The summed E-state index contributed by atoms with van der Waals surface area (Å²) < 4.78 is 0. The van der Waals surface area contributed by atoms with E-state index in [1.165, 1.54) is 59.5 Å². The van der Waals surface area contributed by atoms with E-state index >= 15 is 0 Å². The van der Waals surface area contributed by atoms with Gasteiger partial charge >= 0.3 is 0 Å². The minimum Gasteiger partial charge on any atom is -0.277 e. The second-order valence-corrected chi connectivity index (χ2v) is 15.5. The lowest BCUT2D eigenvalue weighted by Gasteiger charge is -2.41. The van der Waals surface area contributed by atoms with Crippen molar-refractivity contribution < 1.29 is 0 Å². The van der Waals surface area contributed by atoms with Crippen molar-refractivity contribution in [3.8, 4) is 44.8 Å². The average molecular weight is 718 g/mol. The minimum atomic E-state index is -0.523. The second-order valence-electron chi connectivity index (χ2n) is 14.5. The van der Waals surface area contributed by atoms with Crippen LogP contribution in [0.2, 0.25) is 0 Å². The molecule has 4 heteroatoms. The van der Waals surface area contributed by atoms with Crippen LogP contribution >= 0.6 is 11.8 Å². The molecule has 0 radical (unpaired) electrons. The van der Waals surface area contributed by atoms with Crippen LogP contribution in [-0.2, 0) is 5.41 Å². The van der Waals surface area contributed by atoms with Gasteiger partial charge in [-0.25, -0.2) is 9.97 Å². The molecule has 256 valence electrons. The monoisotopic (exact) mass is 717 g/mol. The smallest absolute Gasteiger partial charge is 0.235 e. The number of nitrogens with zero attached hydrogens (tertiary/aromatic N) is 3. The van der Waals surface area contributed by atoms with Gasteiger partial charge in [0.25, 0.3) is 0 Å². The van der Waals surface area contributed by atoms with Crippen LogP contribution < -0.4 is 4.90 Å². The molecule has 0 atom stereocenters. The zero-order valence-electron chi connectivity index (χ0n) is 29.6. The van der Waals surface area contributed by atoms with Gasteiger partial charge in [-0.3, -0.25) is 4.90 Å². The van der Waals surface area contributed by atoms with E-state index in [9.17, 15) is 0 Å². The molecular formula is C51H31N3S. The highest BCUT2D eigenvalue weighted by Crippen LogP contribution is 2.66. The first-order chi connectivity index (χ1) is 27.3. The molecule has 12 rings (SSSR count). The Morgan fingerprint density at radius 1 is 0.400 bits per heavy atom. The predicted molar refractivity (Wildman–Crippen MR) is 226 cm³/mol. The molecular weight excluding hydrogens is 687 g/mol. The minimum absolute atomic E-state index is 0.523. The van der Waals surface area contributed by atoms with Crippen molar-refractivity contribution in [2.24, 2.45) is 0 Å². The zero-order valence-corrected chi connectivity index (χ0v) is 30.5. The molecule has 8 aromatic carbocycles. The van der Waals surface area contributed by atoms with E-state index in [1.54, 1.807) is 0 Å². The molecule has 9 aromatic rings. The fraction of sp³-hybridized carbons (Fsp3) is 0.0196. The highest BCUT2D eigenvalue weighted by atomic mass is 32.2. The number of hydrogen-bond acceptors (Lipinski definition) is 4. The summed E-state index contributed by atoms with van der Waals surface area (Å²) >= 11 is 1.90. The highest BCUT2D eigenvalue weighted by Gasteiger charge is 2.51. The summed E-state index contributed by atoms with van der Waals surface area (Å²) in [7, 11) is 0. The summed E-state index contributed by atoms with van der Waals surface area (Å²) in [5.41, 5.74) is 15.6. The maximum Gasteiger partial charge on any atom is 0.235 e. The van der Waals surface area contributed by atoms with E-state index in [1.807, 2.05) is 11.8 Å². The third-order valence-electron chi connectivity index (χ3n) is 11.7. The molecule has 3 heterocycles. The number of rotatable bonds is 3. The molecule has 1 aliphatic carbocycles. The number of benzene rings is 8. The Kier molecular flexibility index (Phi) is 6.48. The van der Waals surface area contributed by atoms with Gasteiger partial charge in [0.1, 0.15) is 0 Å². The second kappa shape index (κ2) is 11.6. The Bertz CT molecular complexity index is 2920. The summed E-state index contributed by atoms with van der Waals surface area (Å²) in [6.07, 6.45) is 0. The maximum atomic E-state index is 5.46. The third kappa shape index (κ3) is 4.23. The van der Waals surface area contributed by atoms with Gasteiger partial charge in [0.05, 0.1) is 28.2 Å². The summed E-state index contributed by atoms with van der Waals surface area (Å²) in [4.78, 5) is 15.8. The largest absolute Gasteiger partial charge is 0.277 e. The lowest BCUT2D eigenvalue weighted by molar-refractivity contribution is 0.725. The van der Waals surface area contributed by atoms with Crippen molar-refractivity contribution in [2.45, 2.75) is 15.2 Å². The van der Waals surface area contributed by atoms with Crippen molar-refractivity contribution in [2.75, 3.05) is 4.90 Å². The number of hydrogen-bond donors (Lipinski definition) is 0. The molecule has 0 amide bonds. The molecule has 2 aliphatic heterocycles. The van der Waals surface area contributed by atoms with Gasteiger partial charge in [-0.1, -0.05) is 182 Å². The molecule has 1 spiro atoms. The topological polar surface area (TPSA) is 29.0 Å². The van der Waals surface area contributed by atoms with Crippen LogP contribution in [0.5, 0.6) is 0 Å². The van der Waals surface area contributed by atoms with Crippen LogP contribution in [0.1, 0.15) is 22.3 Å². The molecule has 0 unspecified atom stereocenters. The zero-order chi connectivity index (χ0) is 36.1. The maximum absolute atomic E-state index is 5.46. The molecule has 3 aliphatic rings. The van der Waals surface area contributed by atoms with Crippen molar-refractivity contribution in [1.29, 1.82) is 0 Å². The van der Waals surface area contributed by atoms with E-state index in [0.29, 0.717) is 5.95 Å². The molecule has 0 N–H and O–H groups in total. The van der Waals surface area contributed by atoms with E-state index < -0.39 is 5.41 Å². The quantitative estimate of drug-likeness (QED) is 0.182. The number of para-hydroxylation sites is 1. The normalized spacial score (nSPS) is 13.9. The van der Waals surface area contributed by atoms with Crippen molar-refractivity contribution in [1.82, 2.24) is 9.97 Å². The van der Waals surface area contributed by atoms with E-state index in [-0.39, 0.29) is 0 Å². The Labute approximate surface area is 323 Å². The molecule has 55 heavy (non-hydrogen) atoms. The first-order valence-corrected chi connectivity index (χ1v) is 19.6. The van der Waals surface area contributed by atoms with Crippen LogP contribution in [0.15, 0.2) is 198 Å². The molecule has 3 nitrogen and oxygen atoms in total. The summed E-state index contributed by atoms with van der Waals surface area (Å²) in [6.45, 7) is 0. The lowest BCUT2D eigenvalue weighted by Crippen LogP contribution is -2.32. The van der Waals surface area contributed by atoms with E-state index in [2.05, 4.69) is 193 Å². The van der Waals surface area contributed by atoms with Gasteiger partial charge < -0.3 is 0 Å². The standard InChI is InChI=1S/C51H31N3S/c1-3-15-32(16-4-1)43-31-44(33-17-5-2-6-18-33)53-50(52-43)54-45-27-12-9-22-37(45)38-23-13-19-34-29-30-42-49(47(34)38)55-48-41(26-14-28-46(48)54)51(42)39-24-10-7-20-35(39)36-21-8-11-25-40(36)51/h1-31H. The van der Waals surface area contributed by atoms with E-state index in [0.717, 1.165) is 39.5 Å². The summed E-state index contributed by atoms with van der Waals surface area (Å²) in [5, 5.41) is 2.52. The predicted octanol–water partition coefficient (Wildman–Crippen LogP) is 13.2. The SMILES string of the molecule is c1ccc(-c2cc(-c3ccccc3)nc(N3c4ccccc4-c4cccc5ccc6c(c45)Sc4c3cccc4C63c4ccccc4-c4ccccc43)n2)cc1. The van der Waals surface area contributed by atoms with Crippen LogP contribution in [0.25, 0.3) is 55.5 Å². The molecule has 6 bridgehead atoms. The van der Waals surface area contributed by atoms with Gasteiger partial charge in [0.15, 0.2) is 0 Å². The average Bonchev–Trinajstić information content (AvgIpc) is 3.57. The Morgan fingerprint density at radius 3 is 1.62 bits per heavy atom.